The van der Waals surface area contributed by atoms with Gasteiger partial charge in [0.15, 0.2) is 5.69 Å². The second-order valence-corrected chi connectivity index (χ2v) is 7.19. The number of aliphatic hydroxyl groups is 1. The minimum atomic E-state index is -4.65. The number of amides is 1. The van der Waals surface area contributed by atoms with Gasteiger partial charge >= 0.3 is 12.8 Å². The number of rotatable bonds is 6. The quantitative estimate of drug-likeness (QED) is 0.667. The molecule has 2 N–H and O–H groups in total. The Bertz CT molecular complexity index is 935. The molecule has 0 fully saturated rings. The molecule has 0 saturated heterocycles. The van der Waals surface area contributed by atoms with E-state index in [4.69, 9.17) is 0 Å². The molecule has 168 valence electrons. The number of alkyl halides is 5. The van der Waals surface area contributed by atoms with Crippen molar-refractivity contribution in [2.75, 3.05) is 6.54 Å². The molecule has 6 nitrogen and oxygen atoms in total. The topological polar surface area (TPSA) is 84.3 Å². The number of nitrogens with zero attached hydrogens (tertiary/aromatic N) is 2. The summed E-state index contributed by atoms with van der Waals surface area (Å²) in [5, 5.41) is 12.7. The third-order valence-corrected chi connectivity index (χ3v) is 4.98. The Morgan fingerprint density at radius 3 is 2.55 bits per heavy atom. The van der Waals surface area contributed by atoms with Crippen LogP contribution in [0.15, 0.2) is 24.3 Å². The maximum atomic E-state index is 13.3. The van der Waals surface area contributed by atoms with E-state index in [1.165, 1.54) is 31.2 Å². The van der Waals surface area contributed by atoms with Gasteiger partial charge in [0.2, 0.25) is 5.91 Å². The second-order valence-electron chi connectivity index (χ2n) is 7.19. The van der Waals surface area contributed by atoms with E-state index in [-0.39, 0.29) is 36.5 Å². The third kappa shape index (κ3) is 5.66. The number of benzene rings is 1. The minimum Gasteiger partial charge on any atom is -0.435 e. The molecule has 3 rings (SSSR count). The number of aryl methyl sites for hydroxylation is 2. The van der Waals surface area contributed by atoms with Crippen molar-refractivity contribution in [3.63, 3.8) is 0 Å². The number of hydrogen-bond donors (Lipinski definition) is 2. The van der Waals surface area contributed by atoms with Gasteiger partial charge in [-0.15, -0.1) is 0 Å². The van der Waals surface area contributed by atoms with Crippen LogP contribution in [0.3, 0.4) is 0 Å². The largest absolute Gasteiger partial charge is 0.435 e. The Balaban J connectivity index is 1.62. The molecule has 0 unspecified atom stereocenters. The van der Waals surface area contributed by atoms with Crippen molar-refractivity contribution in [3.05, 3.63) is 52.6 Å². The maximum absolute atomic E-state index is 13.3. The fourth-order valence-corrected chi connectivity index (χ4v) is 3.52. The number of halogens is 5. The van der Waals surface area contributed by atoms with Gasteiger partial charge in [0, 0.05) is 23.7 Å². The molecule has 0 bridgehead atoms. The lowest BCUT2D eigenvalue weighted by Gasteiger charge is -2.26. The Morgan fingerprint density at radius 2 is 1.94 bits per heavy atom. The summed E-state index contributed by atoms with van der Waals surface area (Å²) in [4.78, 5) is 20.1. The zero-order chi connectivity index (χ0) is 22.8. The molecule has 0 spiro atoms. The van der Waals surface area contributed by atoms with Crippen molar-refractivity contribution in [3.8, 4) is 5.75 Å². The van der Waals surface area contributed by atoms with E-state index in [0.717, 1.165) is 0 Å². The summed E-state index contributed by atoms with van der Waals surface area (Å²) >= 11 is 0. The van der Waals surface area contributed by atoms with Crippen molar-refractivity contribution in [1.82, 2.24) is 15.3 Å². The summed E-state index contributed by atoms with van der Waals surface area (Å²) in [7, 11) is 0. The molecule has 2 atom stereocenters. The Kier molecular flexibility index (Phi) is 6.73. The van der Waals surface area contributed by atoms with Crippen molar-refractivity contribution in [2.24, 2.45) is 5.92 Å². The average Bonchev–Trinajstić information content (AvgIpc) is 2.70. The predicted octanol–water partition coefficient (Wildman–Crippen LogP) is 3.36. The Hall–Kier alpha value is -2.82. The van der Waals surface area contributed by atoms with Gasteiger partial charge < -0.3 is 15.2 Å². The van der Waals surface area contributed by atoms with Crippen molar-refractivity contribution < 1.29 is 36.6 Å². The highest BCUT2D eigenvalue weighted by Gasteiger charge is 2.39. The Labute approximate surface area is 174 Å². The molecular weight excluding hydrogens is 425 g/mol. The molecule has 1 aromatic heterocycles. The van der Waals surface area contributed by atoms with E-state index in [1.54, 1.807) is 0 Å². The zero-order valence-electron chi connectivity index (χ0n) is 16.4. The van der Waals surface area contributed by atoms with Crippen LogP contribution in [-0.2, 0) is 23.8 Å². The molecule has 1 aliphatic rings. The van der Waals surface area contributed by atoms with Crippen LogP contribution >= 0.6 is 0 Å². The lowest BCUT2D eigenvalue weighted by Crippen LogP contribution is -2.37. The molecule has 1 amide bonds. The summed E-state index contributed by atoms with van der Waals surface area (Å²) in [5.74, 6) is -1.25. The molecule has 0 radical (unpaired) electrons. The van der Waals surface area contributed by atoms with E-state index in [2.05, 4.69) is 20.0 Å². The number of aliphatic hydroxyl groups excluding tert-OH is 1. The maximum Gasteiger partial charge on any atom is 0.433 e. The van der Waals surface area contributed by atoms with Crippen LogP contribution in [0.2, 0.25) is 0 Å². The van der Waals surface area contributed by atoms with Crippen molar-refractivity contribution in [1.29, 1.82) is 0 Å². The predicted molar refractivity (Wildman–Crippen MR) is 98.3 cm³/mol. The van der Waals surface area contributed by atoms with Crippen molar-refractivity contribution >= 4 is 5.91 Å². The van der Waals surface area contributed by atoms with Gasteiger partial charge in [0.05, 0.1) is 6.10 Å². The molecule has 31 heavy (non-hydrogen) atoms. The average molecular weight is 445 g/mol. The van der Waals surface area contributed by atoms with Crippen LogP contribution in [-0.4, -0.2) is 34.1 Å². The third-order valence-electron chi connectivity index (χ3n) is 4.98. The first kappa shape index (κ1) is 22.9. The van der Waals surface area contributed by atoms with Gasteiger partial charge in [0.25, 0.3) is 0 Å². The highest BCUT2D eigenvalue weighted by atomic mass is 19.4. The fraction of sp³-hybridized carbons (Fsp3) is 0.450. The fourth-order valence-electron chi connectivity index (χ4n) is 3.52. The van der Waals surface area contributed by atoms with Gasteiger partial charge in [0.1, 0.15) is 11.6 Å². The van der Waals surface area contributed by atoms with Crippen LogP contribution in [0.25, 0.3) is 0 Å². The lowest BCUT2D eigenvalue weighted by molar-refractivity contribution is -0.142. The number of nitrogens with one attached hydrogen (secondary N) is 1. The highest BCUT2D eigenvalue weighted by molar-refractivity contribution is 5.79. The van der Waals surface area contributed by atoms with Gasteiger partial charge in [-0.3, -0.25) is 4.79 Å². The summed E-state index contributed by atoms with van der Waals surface area (Å²) in [6.07, 6.45) is -5.38. The molecule has 0 saturated carbocycles. The minimum absolute atomic E-state index is 0.0297. The summed E-state index contributed by atoms with van der Waals surface area (Å²) in [6.45, 7) is -1.77. The normalized spacial score (nSPS) is 17.2. The van der Waals surface area contributed by atoms with Gasteiger partial charge in [-0.25, -0.2) is 9.97 Å². The van der Waals surface area contributed by atoms with E-state index in [9.17, 15) is 31.9 Å². The monoisotopic (exact) mass is 445 g/mol. The number of aromatic nitrogens is 2. The molecule has 1 aliphatic carbocycles. The number of ether oxygens (including phenoxy) is 1. The number of hydrogen-bond acceptors (Lipinski definition) is 5. The second kappa shape index (κ2) is 9.13. The first-order valence-electron chi connectivity index (χ1n) is 9.48. The van der Waals surface area contributed by atoms with E-state index >= 15 is 0 Å². The SMILES string of the molecule is Cc1nc2c(c(C(F)(F)F)n1)C[C@H](C(=O)NC[C@H](O)c1ccc(OC(F)F)cc1)CC2. The van der Waals surface area contributed by atoms with E-state index in [1.807, 2.05) is 0 Å². The van der Waals surface area contributed by atoms with E-state index < -0.39 is 36.4 Å². The molecular formula is C20H20F5N3O3. The summed E-state index contributed by atoms with van der Waals surface area (Å²) in [5.41, 5.74) is -0.424. The summed E-state index contributed by atoms with van der Waals surface area (Å²) < 4.78 is 68.6. The lowest BCUT2D eigenvalue weighted by atomic mass is 9.85. The highest BCUT2D eigenvalue weighted by Crippen LogP contribution is 2.36. The van der Waals surface area contributed by atoms with Crippen LogP contribution in [0.1, 0.15) is 40.9 Å². The first-order chi connectivity index (χ1) is 14.5. The van der Waals surface area contributed by atoms with Gasteiger partial charge in [-0.05, 0) is 43.9 Å². The van der Waals surface area contributed by atoms with Crippen LogP contribution < -0.4 is 10.1 Å². The number of carbonyl (C=O) groups excluding carboxylic acids is 1. The van der Waals surface area contributed by atoms with Gasteiger partial charge in [-0.2, -0.15) is 22.0 Å². The summed E-state index contributed by atoms with van der Waals surface area (Å²) in [6, 6.07) is 5.26. The number of fused-ring (bicyclic) bond motifs is 1. The zero-order valence-corrected chi connectivity index (χ0v) is 16.4. The van der Waals surface area contributed by atoms with Crippen molar-refractivity contribution in [2.45, 2.75) is 45.1 Å². The molecule has 0 aliphatic heterocycles. The van der Waals surface area contributed by atoms with Gasteiger partial charge in [-0.1, -0.05) is 12.1 Å². The molecule has 2 aromatic rings. The Morgan fingerprint density at radius 1 is 1.26 bits per heavy atom. The molecule has 11 heteroatoms. The molecule has 1 aromatic carbocycles. The first-order valence-corrected chi connectivity index (χ1v) is 9.48. The van der Waals surface area contributed by atoms with Crippen LogP contribution in [0, 0.1) is 12.8 Å². The smallest absolute Gasteiger partial charge is 0.433 e. The van der Waals surface area contributed by atoms with E-state index in [0.29, 0.717) is 17.7 Å². The number of carbonyl (C=O) groups is 1. The van der Waals surface area contributed by atoms with Crippen LogP contribution in [0.5, 0.6) is 5.75 Å². The molecule has 1 heterocycles. The van der Waals surface area contributed by atoms with Crippen LogP contribution in [0.4, 0.5) is 22.0 Å². The standard InChI is InChI=1S/C20H20F5N3O3/c1-10-27-15-7-4-12(8-14(15)17(28-10)20(23,24)25)18(30)26-9-16(29)11-2-5-13(6-3-11)31-19(21)22/h2-3,5-6,12,16,19,29H,4,7-9H2,1H3,(H,26,30)/t12-,16+/m1/s1.